The van der Waals surface area contributed by atoms with Crippen molar-refractivity contribution in [1.82, 2.24) is 20.3 Å². The lowest BCUT2D eigenvalue weighted by atomic mass is 10.0. The van der Waals surface area contributed by atoms with E-state index in [-0.39, 0.29) is 22.6 Å². The first-order valence-corrected chi connectivity index (χ1v) is 14.5. The van der Waals surface area contributed by atoms with Crippen LogP contribution in [0.25, 0.3) is 55.8 Å². The fourth-order valence-electron chi connectivity index (χ4n) is 4.81. The van der Waals surface area contributed by atoms with Gasteiger partial charge in [-0.3, -0.25) is 14.1 Å². The molecule has 0 spiro atoms. The maximum atomic E-state index is 14.3. The SMILES string of the molecule is CNC(=O)c1c(-c2ccc(F)cc2)oc2cc(N(C)S(C)(=O)=O)c(-c3cncc(-c4cc5cccc(F)c5[nH]4)n3)cc12. The minimum Gasteiger partial charge on any atom is -0.455 e. The fourth-order valence-corrected chi connectivity index (χ4v) is 5.32. The largest absolute Gasteiger partial charge is 0.455 e. The number of sulfonamides is 1. The third-order valence-electron chi connectivity index (χ3n) is 7.00. The van der Waals surface area contributed by atoms with Gasteiger partial charge in [-0.1, -0.05) is 12.1 Å². The zero-order chi connectivity index (χ0) is 29.8. The summed E-state index contributed by atoms with van der Waals surface area (Å²) in [5.41, 5.74) is 2.97. The van der Waals surface area contributed by atoms with E-state index in [0.717, 1.165) is 10.6 Å². The molecule has 3 aromatic carbocycles. The van der Waals surface area contributed by atoms with Crippen molar-refractivity contribution in [3.63, 3.8) is 0 Å². The van der Waals surface area contributed by atoms with Gasteiger partial charge in [0.15, 0.2) is 0 Å². The minimum absolute atomic E-state index is 0.184. The second kappa shape index (κ2) is 10.1. The molecule has 1 amide bonds. The first-order valence-electron chi connectivity index (χ1n) is 12.7. The number of nitrogens with zero attached hydrogens (tertiary/aromatic N) is 3. The molecule has 0 saturated heterocycles. The number of para-hydroxylation sites is 1. The van der Waals surface area contributed by atoms with E-state index in [1.165, 1.54) is 62.9 Å². The van der Waals surface area contributed by atoms with Crippen molar-refractivity contribution in [2.75, 3.05) is 24.7 Å². The van der Waals surface area contributed by atoms with Crippen LogP contribution in [-0.2, 0) is 10.0 Å². The van der Waals surface area contributed by atoms with Crippen LogP contribution in [0.1, 0.15) is 10.4 Å². The van der Waals surface area contributed by atoms with Gasteiger partial charge in [0.25, 0.3) is 5.91 Å². The van der Waals surface area contributed by atoms with Crippen molar-refractivity contribution in [3.05, 3.63) is 90.3 Å². The summed E-state index contributed by atoms with van der Waals surface area (Å²) in [5.74, 6) is -1.13. The monoisotopic (exact) mass is 587 g/mol. The van der Waals surface area contributed by atoms with Gasteiger partial charge in [0.1, 0.15) is 28.7 Å². The number of hydrogen-bond donors (Lipinski definition) is 2. The number of carbonyl (C=O) groups is 1. The van der Waals surface area contributed by atoms with Crippen LogP contribution in [0.3, 0.4) is 0 Å². The van der Waals surface area contributed by atoms with Gasteiger partial charge in [-0.2, -0.15) is 0 Å². The lowest BCUT2D eigenvalue weighted by molar-refractivity contribution is 0.0964. The van der Waals surface area contributed by atoms with Gasteiger partial charge in [-0.25, -0.2) is 22.2 Å². The average Bonchev–Trinajstić information content (AvgIpc) is 3.58. The van der Waals surface area contributed by atoms with Gasteiger partial charge in [-0.15, -0.1) is 0 Å². The maximum Gasteiger partial charge on any atom is 0.255 e. The van der Waals surface area contributed by atoms with Crippen molar-refractivity contribution in [2.24, 2.45) is 0 Å². The van der Waals surface area contributed by atoms with Crippen LogP contribution >= 0.6 is 0 Å². The van der Waals surface area contributed by atoms with Gasteiger partial charge in [0, 0.05) is 42.1 Å². The average molecular weight is 588 g/mol. The predicted molar refractivity (Wildman–Crippen MR) is 157 cm³/mol. The number of benzene rings is 3. The Balaban J connectivity index is 1.60. The molecule has 0 aliphatic rings. The number of amides is 1. The van der Waals surface area contributed by atoms with Gasteiger partial charge in [-0.05, 0) is 42.5 Å². The first kappa shape index (κ1) is 27.1. The third kappa shape index (κ3) is 4.65. The molecule has 0 radical (unpaired) electrons. The van der Waals surface area contributed by atoms with E-state index in [0.29, 0.717) is 44.5 Å². The highest BCUT2D eigenvalue weighted by Gasteiger charge is 2.26. The molecule has 9 nitrogen and oxygen atoms in total. The minimum atomic E-state index is -3.75. The van der Waals surface area contributed by atoms with Crippen LogP contribution in [0.5, 0.6) is 0 Å². The standard InChI is InChI=1S/C30H23F2N5O4S/c1-33-30(38)27-20-12-19(23-14-34-15-24(35-23)22-11-17-5-4-6-21(32)28(17)36-22)25(37(2)42(3,39)40)13-26(20)41-29(27)16-7-9-18(31)10-8-16/h4-15,36H,1-3H3,(H,33,38). The van der Waals surface area contributed by atoms with Crippen LogP contribution < -0.4 is 9.62 Å². The van der Waals surface area contributed by atoms with E-state index in [2.05, 4.69) is 15.3 Å². The molecule has 6 rings (SSSR count). The highest BCUT2D eigenvalue weighted by molar-refractivity contribution is 7.92. The molecule has 0 fully saturated rings. The summed E-state index contributed by atoms with van der Waals surface area (Å²) in [6.45, 7) is 0. The molecule has 212 valence electrons. The number of aromatic amines is 1. The Morgan fingerprint density at radius 3 is 2.45 bits per heavy atom. The van der Waals surface area contributed by atoms with Gasteiger partial charge < -0.3 is 14.7 Å². The quantitative estimate of drug-likeness (QED) is 0.256. The molecule has 6 aromatic rings. The lowest BCUT2D eigenvalue weighted by Crippen LogP contribution is -2.25. The fraction of sp³-hybridized carbons (Fsp3) is 0.100. The Labute approximate surface area is 238 Å². The molecule has 0 aliphatic heterocycles. The summed E-state index contributed by atoms with van der Waals surface area (Å²) in [4.78, 5) is 25.2. The van der Waals surface area contributed by atoms with Gasteiger partial charge >= 0.3 is 0 Å². The molecule has 0 aliphatic carbocycles. The molecular formula is C30H23F2N5O4S. The highest BCUT2D eigenvalue weighted by Crippen LogP contribution is 2.41. The van der Waals surface area contributed by atoms with Gasteiger partial charge in [0.05, 0.1) is 46.8 Å². The van der Waals surface area contributed by atoms with Crippen LogP contribution in [0.2, 0.25) is 0 Å². The van der Waals surface area contributed by atoms with E-state index in [4.69, 9.17) is 9.40 Å². The molecule has 2 N–H and O–H groups in total. The van der Waals surface area contributed by atoms with E-state index < -0.39 is 27.6 Å². The van der Waals surface area contributed by atoms with E-state index in [1.54, 1.807) is 24.3 Å². The number of halogens is 2. The van der Waals surface area contributed by atoms with Gasteiger partial charge in [0.2, 0.25) is 10.0 Å². The van der Waals surface area contributed by atoms with Crippen molar-refractivity contribution in [1.29, 1.82) is 0 Å². The molecule has 12 heteroatoms. The molecule has 0 saturated carbocycles. The molecular weight excluding hydrogens is 564 g/mol. The summed E-state index contributed by atoms with van der Waals surface area (Å²) in [7, 11) is -0.883. The summed E-state index contributed by atoms with van der Waals surface area (Å²) >= 11 is 0. The van der Waals surface area contributed by atoms with Crippen LogP contribution in [0.4, 0.5) is 14.5 Å². The van der Waals surface area contributed by atoms with Crippen molar-refractivity contribution >= 4 is 43.5 Å². The Hall–Kier alpha value is -5.10. The second-order valence-corrected chi connectivity index (χ2v) is 11.7. The normalized spacial score (nSPS) is 11.7. The number of rotatable bonds is 6. The molecule has 0 atom stereocenters. The number of hydrogen-bond acceptors (Lipinski definition) is 6. The number of furan rings is 1. The zero-order valence-electron chi connectivity index (χ0n) is 22.6. The summed E-state index contributed by atoms with van der Waals surface area (Å²) in [5, 5.41) is 3.64. The Morgan fingerprint density at radius 1 is 1.02 bits per heavy atom. The van der Waals surface area contributed by atoms with Crippen molar-refractivity contribution in [3.8, 4) is 34.0 Å². The summed E-state index contributed by atoms with van der Waals surface area (Å²) in [6.07, 6.45) is 4.03. The lowest BCUT2D eigenvalue weighted by Gasteiger charge is -2.20. The molecule has 42 heavy (non-hydrogen) atoms. The van der Waals surface area contributed by atoms with E-state index in [9.17, 15) is 22.0 Å². The van der Waals surface area contributed by atoms with Crippen molar-refractivity contribution in [2.45, 2.75) is 0 Å². The van der Waals surface area contributed by atoms with Crippen LogP contribution in [0, 0.1) is 11.6 Å². The number of H-pyrrole nitrogens is 1. The van der Waals surface area contributed by atoms with Crippen LogP contribution in [-0.4, -0.2) is 49.6 Å². The van der Waals surface area contributed by atoms with E-state index in [1.807, 2.05) is 0 Å². The summed E-state index contributed by atoms with van der Waals surface area (Å²) in [6, 6.07) is 15.1. The number of carbonyl (C=O) groups excluding carboxylic acids is 1. The predicted octanol–water partition coefficient (Wildman–Crippen LogP) is 5.74. The molecule has 0 bridgehead atoms. The molecule has 3 aromatic heterocycles. The Morgan fingerprint density at radius 2 is 1.76 bits per heavy atom. The second-order valence-electron chi connectivity index (χ2n) is 9.66. The number of nitrogens with one attached hydrogen (secondary N) is 2. The zero-order valence-corrected chi connectivity index (χ0v) is 23.4. The summed E-state index contributed by atoms with van der Waals surface area (Å²) < 4.78 is 60.5. The number of fused-ring (bicyclic) bond motifs is 2. The smallest absolute Gasteiger partial charge is 0.255 e. The highest BCUT2D eigenvalue weighted by atomic mass is 32.2. The number of aromatic nitrogens is 3. The third-order valence-corrected chi connectivity index (χ3v) is 8.19. The molecule has 0 unspecified atom stereocenters. The Bertz CT molecular complexity index is 2120. The maximum absolute atomic E-state index is 14.3. The topological polar surface area (TPSA) is 121 Å². The molecule has 3 heterocycles. The van der Waals surface area contributed by atoms with Crippen molar-refractivity contribution < 1.29 is 26.4 Å². The first-order chi connectivity index (χ1) is 20.0. The van der Waals surface area contributed by atoms with E-state index >= 15 is 0 Å². The van der Waals surface area contributed by atoms with Crippen LogP contribution in [0.15, 0.2) is 77.5 Å². The Kier molecular flexibility index (Phi) is 6.49. The number of anilines is 1.